The average molecular weight is 350 g/mol. The van der Waals surface area contributed by atoms with Crippen LogP contribution in [0.3, 0.4) is 0 Å². The van der Waals surface area contributed by atoms with Crippen LogP contribution in [0, 0.1) is 6.92 Å². The molecule has 1 saturated heterocycles. The summed E-state index contributed by atoms with van der Waals surface area (Å²) >= 11 is 3.45. The van der Waals surface area contributed by atoms with E-state index in [1.54, 1.807) is 0 Å². The molecule has 2 rings (SSSR count). The number of hydrogen-bond donors (Lipinski definition) is 2. The molecule has 0 aliphatic carbocycles. The fourth-order valence-corrected chi connectivity index (χ4v) is 2.35. The van der Waals surface area contributed by atoms with Gasteiger partial charge in [0, 0.05) is 16.7 Å². The first kappa shape index (κ1) is 16.4. The SMILES string of the molecule is Cc1c(Br)cccc1NC(=O)[C@H]1NCCO[C@@H]1C.Cl. The zero-order chi connectivity index (χ0) is 13.1. The molecule has 0 spiro atoms. The first-order valence-electron chi connectivity index (χ1n) is 6.00. The molecule has 6 heteroatoms. The summed E-state index contributed by atoms with van der Waals surface area (Å²) in [5.74, 6) is -0.0524. The van der Waals surface area contributed by atoms with Crippen molar-refractivity contribution in [1.82, 2.24) is 5.32 Å². The minimum atomic E-state index is -0.294. The van der Waals surface area contributed by atoms with E-state index in [0.29, 0.717) is 13.2 Å². The number of ether oxygens (including phenoxy) is 1. The van der Waals surface area contributed by atoms with Crippen LogP contribution in [0.15, 0.2) is 22.7 Å². The number of morpholine rings is 1. The summed E-state index contributed by atoms with van der Waals surface area (Å²) in [6.45, 7) is 5.23. The van der Waals surface area contributed by atoms with Crippen LogP contribution in [-0.4, -0.2) is 31.2 Å². The van der Waals surface area contributed by atoms with E-state index in [9.17, 15) is 4.79 Å². The lowest BCUT2D eigenvalue weighted by Crippen LogP contribution is -2.53. The molecule has 1 amide bonds. The molecule has 0 unspecified atom stereocenters. The fraction of sp³-hybridized carbons (Fsp3) is 0.462. The number of hydrogen-bond acceptors (Lipinski definition) is 3. The minimum Gasteiger partial charge on any atom is -0.375 e. The van der Waals surface area contributed by atoms with E-state index in [-0.39, 0.29) is 30.5 Å². The Kier molecular flexibility index (Phi) is 6.26. The molecule has 0 aromatic heterocycles. The number of benzene rings is 1. The van der Waals surface area contributed by atoms with E-state index in [2.05, 4.69) is 26.6 Å². The summed E-state index contributed by atoms with van der Waals surface area (Å²) in [5, 5.41) is 6.11. The maximum Gasteiger partial charge on any atom is 0.244 e. The summed E-state index contributed by atoms with van der Waals surface area (Å²) in [7, 11) is 0. The van der Waals surface area contributed by atoms with Crippen molar-refractivity contribution in [3.05, 3.63) is 28.2 Å². The first-order valence-corrected chi connectivity index (χ1v) is 6.80. The van der Waals surface area contributed by atoms with Crippen molar-refractivity contribution in [2.24, 2.45) is 0 Å². The van der Waals surface area contributed by atoms with Crippen molar-refractivity contribution in [2.45, 2.75) is 26.0 Å². The highest BCUT2D eigenvalue weighted by Crippen LogP contribution is 2.23. The van der Waals surface area contributed by atoms with Gasteiger partial charge in [0.2, 0.25) is 5.91 Å². The quantitative estimate of drug-likeness (QED) is 0.862. The van der Waals surface area contributed by atoms with Crippen LogP contribution in [0.4, 0.5) is 5.69 Å². The molecule has 1 heterocycles. The molecule has 1 fully saturated rings. The van der Waals surface area contributed by atoms with Gasteiger partial charge in [-0.15, -0.1) is 12.4 Å². The highest BCUT2D eigenvalue weighted by molar-refractivity contribution is 9.10. The summed E-state index contributed by atoms with van der Waals surface area (Å²) in [5.41, 5.74) is 1.85. The lowest BCUT2D eigenvalue weighted by Gasteiger charge is -2.29. The fourth-order valence-electron chi connectivity index (χ4n) is 1.98. The van der Waals surface area contributed by atoms with Gasteiger partial charge in [0.25, 0.3) is 0 Å². The molecule has 0 saturated carbocycles. The summed E-state index contributed by atoms with van der Waals surface area (Å²) in [4.78, 5) is 12.2. The zero-order valence-electron chi connectivity index (χ0n) is 10.9. The predicted octanol–water partition coefficient (Wildman–Crippen LogP) is 2.49. The van der Waals surface area contributed by atoms with Crippen molar-refractivity contribution in [1.29, 1.82) is 0 Å². The van der Waals surface area contributed by atoms with Crippen LogP contribution in [0.5, 0.6) is 0 Å². The van der Waals surface area contributed by atoms with Crippen molar-refractivity contribution in [2.75, 3.05) is 18.5 Å². The molecule has 0 bridgehead atoms. The second-order valence-electron chi connectivity index (χ2n) is 4.41. The number of carbonyl (C=O) groups is 1. The number of rotatable bonds is 2. The Labute approximate surface area is 127 Å². The summed E-state index contributed by atoms with van der Waals surface area (Å²) in [6, 6.07) is 5.46. The molecule has 0 radical (unpaired) electrons. The monoisotopic (exact) mass is 348 g/mol. The molecule has 19 heavy (non-hydrogen) atoms. The number of amides is 1. The third kappa shape index (κ3) is 3.92. The van der Waals surface area contributed by atoms with Crippen LogP contribution in [0.1, 0.15) is 12.5 Å². The third-order valence-corrected chi connectivity index (χ3v) is 3.98. The molecule has 4 nitrogen and oxygen atoms in total. The smallest absolute Gasteiger partial charge is 0.244 e. The molecule has 1 aromatic rings. The molecule has 1 aliphatic heterocycles. The zero-order valence-corrected chi connectivity index (χ0v) is 13.3. The van der Waals surface area contributed by atoms with Crippen LogP contribution >= 0.6 is 28.3 Å². The minimum absolute atomic E-state index is 0. The highest BCUT2D eigenvalue weighted by atomic mass is 79.9. The summed E-state index contributed by atoms with van der Waals surface area (Å²) < 4.78 is 6.46. The van der Waals surface area contributed by atoms with Crippen LogP contribution in [0.25, 0.3) is 0 Å². The van der Waals surface area contributed by atoms with E-state index >= 15 is 0 Å². The highest BCUT2D eigenvalue weighted by Gasteiger charge is 2.28. The Hall–Kier alpha value is -0.620. The van der Waals surface area contributed by atoms with E-state index in [4.69, 9.17) is 4.74 Å². The van der Waals surface area contributed by atoms with Gasteiger partial charge in [-0.3, -0.25) is 4.79 Å². The Balaban J connectivity index is 0.00000180. The molecular formula is C13H18BrClN2O2. The topological polar surface area (TPSA) is 50.4 Å². The van der Waals surface area contributed by atoms with Crippen molar-refractivity contribution in [3.8, 4) is 0 Å². The number of anilines is 1. The average Bonchev–Trinajstić information content (AvgIpc) is 2.35. The van der Waals surface area contributed by atoms with Gasteiger partial charge in [0.15, 0.2) is 0 Å². The van der Waals surface area contributed by atoms with E-state index in [1.165, 1.54) is 0 Å². The Bertz CT molecular complexity index is 456. The lowest BCUT2D eigenvalue weighted by molar-refractivity contribution is -0.123. The molecule has 106 valence electrons. The Morgan fingerprint density at radius 2 is 2.26 bits per heavy atom. The van der Waals surface area contributed by atoms with E-state index in [1.807, 2.05) is 32.0 Å². The molecule has 1 aliphatic rings. The number of halogens is 2. The van der Waals surface area contributed by atoms with Crippen molar-refractivity contribution in [3.63, 3.8) is 0 Å². The second kappa shape index (κ2) is 7.24. The Morgan fingerprint density at radius 1 is 1.53 bits per heavy atom. The third-order valence-electron chi connectivity index (χ3n) is 3.12. The van der Waals surface area contributed by atoms with Gasteiger partial charge >= 0.3 is 0 Å². The van der Waals surface area contributed by atoms with Gasteiger partial charge in [-0.05, 0) is 31.5 Å². The van der Waals surface area contributed by atoms with Gasteiger partial charge in [0.05, 0.1) is 12.7 Å². The van der Waals surface area contributed by atoms with Crippen molar-refractivity contribution < 1.29 is 9.53 Å². The van der Waals surface area contributed by atoms with Gasteiger partial charge in [-0.2, -0.15) is 0 Å². The first-order chi connectivity index (χ1) is 8.59. The normalized spacial score (nSPS) is 22.5. The lowest BCUT2D eigenvalue weighted by atomic mass is 10.1. The van der Waals surface area contributed by atoms with Gasteiger partial charge < -0.3 is 15.4 Å². The summed E-state index contributed by atoms with van der Waals surface area (Å²) in [6.07, 6.45) is -0.105. The number of carbonyl (C=O) groups excluding carboxylic acids is 1. The van der Waals surface area contributed by atoms with Gasteiger partial charge in [-0.1, -0.05) is 22.0 Å². The van der Waals surface area contributed by atoms with Crippen LogP contribution in [0.2, 0.25) is 0 Å². The molecule has 2 atom stereocenters. The molecule has 1 aromatic carbocycles. The van der Waals surface area contributed by atoms with Crippen molar-refractivity contribution >= 4 is 39.9 Å². The maximum absolute atomic E-state index is 12.2. The van der Waals surface area contributed by atoms with E-state index in [0.717, 1.165) is 15.7 Å². The van der Waals surface area contributed by atoms with Gasteiger partial charge in [0.1, 0.15) is 6.04 Å². The van der Waals surface area contributed by atoms with Crippen LogP contribution < -0.4 is 10.6 Å². The van der Waals surface area contributed by atoms with E-state index < -0.39 is 0 Å². The largest absolute Gasteiger partial charge is 0.375 e. The predicted molar refractivity (Wildman–Crippen MR) is 82.0 cm³/mol. The maximum atomic E-state index is 12.2. The molecular weight excluding hydrogens is 332 g/mol. The van der Waals surface area contributed by atoms with Gasteiger partial charge in [-0.25, -0.2) is 0 Å². The standard InChI is InChI=1S/C13H17BrN2O2.ClH/c1-8-10(14)4-3-5-11(8)16-13(17)12-9(2)18-7-6-15-12;/h3-5,9,12,15H,6-7H2,1-2H3,(H,16,17);1H/t9-,12+;/m1./s1. The molecule has 2 N–H and O–H groups in total. The number of nitrogens with one attached hydrogen (secondary N) is 2. The Morgan fingerprint density at radius 3 is 2.95 bits per heavy atom. The van der Waals surface area contributed by atoms with Crippen LogP contribution in [-0.2, 0) is 9.53 Å². The second-order valence-corrected chi connectivity index (χ2v) is 5.26.